The smallest absolute Gasteiger partial charge is 0.341 e. The van der Waals surface area contributed by atoms with Gasteiger partial charge < -0.3 is 14.6 Å². The summed E-state index contributed by atoms with van der Waals surface area (Å²) in [4.78, 5) is 28.3. The largest absolute Gasteiger partial charge is 0.462 e. The molecule has 3 aromatic heterocycles. The minimum Gasteiger partial charge on any atom is -0.462 e. The van der Waals surface area contributed by atoms with Crippen molar-refractivity contribution in [3.8, 4) is 22.5 Å². The summed E-state index contributed by atoms with van der Waals surface area (Å²) in [7, 11) is 0. The number of benzene rings is 1. The lowest BCUT2D eigenvalue weighted by Gasteiger charge is -2.18. The summed E-state index contributed by atoms with van der Waals surface area (Å²) in [5.74, 6) is 0.986. The van der Waals surface area contributed by atoms with E-state index in [1.807, 2.05) is 18.2 Å². The van der Waals surface area contributed by atoms with Crippen LogP contribution in [0.2, 0.25) is 0 Å². The van der Waals surface area contributed by atoms with Gasteiger partial charge in [0, 0.05) is 32.8 Å². The highest BCUT2D eigenvalue weighted by Gasteiger charge is 2.29. The zero-order valence-electron chi connectivity index (χ0n) is 22.6. The van der Waals surface area contributed by atoms with E-state index in [-0.39, 0.29) is 17.6 Å². The van der Waals surface area contributed by atoms with Crippen molar-refractivity contribution >= 4 is 51.3 Å². The van der Waals surface area contributed by atoms with Crippen molar-refractivity contribution < 1.29 is 14.3 Å². The number of nitrogens with one attached hydrogen (secondary N) is 1. The van der Waals surface area contributed by atoms with Gasteiger partial charge in [-0.1, -0.05) is 49.0 Å². The van der Waals surface area contributed by atoms with Crippen molar-refractivity contribution in [2.45, 2.75) is 58.7 Å². The van der Waals surface area contributed by atoms with E-state index < -0.39 is 0 Å². The number of carbonyl (C=O) groups excluding carboxylic acids is 2. The second-order valence-corrected chi connectivity index (χ2v) is 12.7. The monoisotopic (exact) mass is 580 g/mol. The quantitative estimate of drug-likeness (QED) is 0.168. The number of anilines is 1. The molecule has 1 atom stereocenters. The molecule has 5 rings (SSSR count). The molecule has 0 spiro atoms. The van der Waals surface area contributed by atoms with Gasteiger partial charge in [0.05, 0.1) is 17.9 Å². The Balaban J connectivity index is 1.35. The molecule has 1 aliphatic rings. The van der Waals surface area contributed by atoms with Crippen LogP contribution < -0.4 is 5.32 Å². The summed E-state index contributed by atoms with van der Waals surface area (Å²) < 4.78 is 7.40. The van der Waals surface area contributed by atoms with Gasteiger partial charge in [0.1, 0.15) is 5.00 Å². The van der Waals surface area contributed by atoms with Crippen LogP contribution in [0.5, 0.6) is 0 Å². The summed E-state index contributed by atoms with van der Waals surface area (Å²) >= 11 is 4.56. The number of amides is 1. The van der Waals surface area contributed by atoms with Crippen LogP contribution in [-0.4, -0.2) is 39.0 Å². The Hall–Kier alpha value is -2.95. The number of hydrogen-bond donors (Lipinski definition) is 1. The number of aromatic nitrogens is 3. The van der Waals surface area contributed by atoms with Crippen LogP contribution in [0.3, 0.4) is 0 Å². The molecule has 1 amide bonds. The van der Waals surface area contributed by atoms with E-state index in [0.29, 0.717) is 34.8 Å². The fourth-order valence-electron chi connectivity index (χ4n) is 5.01. The zero-order chi connectivity index (χ0) is 27.5. The second kappa shape index (κ2) is 12.1. The highest BCUT2D eigenvalue weighted by atomic mass is 32.2. The minimum atomic E-state index is -0.358. The standard InChI is InChI=1S/C29H32N4O3S3/c1-5-33-26(21-15-37-18(4)24(21)19-10-8-7-9-11-19)31-32-29(33)38-16-23(34)30-27-25(28(35)36-6-2)20-13-12-17(3)14-22(20)39-27/h7-11,15,17H,5-6,12-14,16H2,1-4H3,(H,30,34). The van der Waals surface area contributed by atoms with E-state index in [1.54, 1.807) is 18.3 Å². The first-order chi connectivity index (χ1) is 18.9. The number of thioether (sulfide) groups is 1. The summed E-state index contributed by atoms with van der Waals surface area (Å²) in [6.45, 7) is 9.18. The molecule has 1 aliphatic carbocycles. The number of esters is 1. The highest BCUT2D eigenvalue weighted by Crippen LogP contribution is 2.41. The third-order valence-corrected chi connectivity index (χ3v) is 9.94. The van der Waals surface area contributed by atoms with Crippen molar-refractivity contribution in [1.82, 2.24) is 14.8 Å². The molecule has 10 heteroatoms. The topological polar surface area (TPSA) is 86.1 Å². The SMILES string of the molecule is CCOC(=O)c1c(NC(=O)CSc2nnc(-c3csc(C)c3-c3ccccc3)n2CC)sc2c1CCC(C)C2. The third-order valence-electron chi connectivity index (χ3n) is 6.89. The van der Waals surface area contributed by atoms with E-state index >= 15 is 0 Å². The zero-order valence-corrected chi connectivity index (χ0v) is 25.0. The molecular weight excluding hydrogens is 549 g/mol. The number of carbonyl (C=O) groups is 2. The van der Waals surface area contributed by atoms with Crippen LogP contribution in [0.25, 0.3) is 22.5 Å². The average Bonchev–Trinajstić information content (AvgIpc) is 3.61. The lowest BCUT2D eigenvalue weighted by atomic mass is 9.88. The molecule has 1 aromatic carbocycles. The molecule has 7 nitrogen and oxygen atoms in total. The molecule has 1 unspecified atom stereocenters. The Morgan fingerprint density at radius 1 is 1.21 bits per heavy atom. The lowest BCUT2D eigenvalue weighted by molar-refractivity contribution is -0.113. The van der Waals surface area contributed by atoms with Crippen molar-refractivity contribution in [2.24, 2.45) is 5.92 Å². The van der Waals surface area contributed by atoms with E-state index in [0.717, 1.165) is 41.8 Å². The number of hydrogen-bond acceptors (Lipinski definition) is 8. The Morgan fingerprint density at radius 3 is 2.74 bits per heavy atom. The highest BCUT2D eigenvalue weighted by molar-refractivity contribution is 7.99. The van der Waals surface area contributed by atoms with Gasteiger partial charge in [0.15, 0.2) is 11.0 Å². The van der Waals surface area contributed by atoms with Crippen LogP contribution in [0.15, 0.2) is 40.9 Å². The van der Waals surface area contributed by atoms with E-state index in [1.165, 1.54) is 38.4 Å². The van der Waals surface area contributed by atoms with Crippen LogP contribution >= 0.6 is 34.4 Å². The number of thiophene rings is 2. The van der Waals surface area contributed by atoms with Crippen LogP contribution in [0.1, 0.15) is 52.9 Å². The maximum absolute atomic E-state index is 13.1. The first kappa shape index (κ1) is 27.6. The first-order valence-corrected chi connectivity index (χ1v) is 15.9. The molecule has 0 radical (unpaired) electrons. The maximum Gasteiger partial charge on any atom is 0.341 e. The molecule has 0 bridgehead atoms. The first-order valence-electron chi connectivity index (χ1n) is 13.2. The van der Waals surface area contributed by atoms with Gasteiger partial charge in [-0.3, -0.25) is 4.79 Å². The Morgan fingerprint density at radius 2 is 2.00 bits per heavy atom. The number of nitrogens with zero attached hydrogens (tertiary/aromatic N) is 3. The fourth-order valence-corrected chi connectivity index (χ4v) is 8.09. The van der Waals surface area contributed by atoms with Gasteiger partial charge in [-0.2, -0.15) is 0 Å². The van der Waals surface area contributed by atoms with Crippen LogP contribution in [0.4, 0.5) is 5.00 Å². The summed E-state index contributed by atoms with van der Waals surface area (Å²) in [6.07, 6.45) is 2.79. The summed E-state index contributed by atoms with van der Waals surface area (Å²) in [6, 6.07) is 10.3. The van der Waals surface area contributed by atoms with Gasteiger partial charge in [0.2, 0.25) is 5.91 Å². The molecule has 3 heterocycles. The lowest BCUT2D eigenvalue weighted by Crippen LogP contribution is -2.18. The molecule has 0 saturated carbocycles. The number of rotatable bonds is 9. The Kier molecular flexibility index (Phi) is 8.54. The normalized spacial score (nSPS) is 14.7. The average molecular weight is 581 g/mol. The molecular formula is C29H32N4O3S3. The molecule has 39 heavy (non-hydrogen) atoms. The molecule has 4 aromatic rings. The predicted molar refractivity (Wildman–Crippen MR) is 160 cm³/mol. The van der Waals surface area contributed by atoms with Crippen molar-refractivity contribution in [2.75, 3.05) is 17.7 Å². The van der Waals surface area contributed by atoms with Crippen LogP contribution in [0, 0.1) is 12.8 Å². The Bertz CT molecular complexity index is 1490. The van der Waals surface area contributed by atoms with E-state index in [9.17, 15) is 9.59 Å². The molecule has 0 saturated heterocycles. The molecule has 204 valence electrons. The fraction of sp³-hybridized carbons (Fsp3) is 0.379. The van der Waals surface area contributed by atoms with Gasteiger partial charge >= 0.3 is 5.97 Å². The van der Waals surface area contributed by atoms with Gasteiger partial charge in [-0.25, -0.2) is 4.79 Å². The van der Waals surface area contributed by atoms with Crippen LogP contribution in [-0.2, 0) is 28.9 Å². The Labute approximate surface area is 241 Å². The molecule has 0 fully saturated rings. The predicted octanol–water partition coefficient (Wildman–Crippen LogP) is 7.10. The second-order valence-electron chi connectivity index (χ2n) is 9.61. The van der Waals surface area contributed by atoms with E-state index in [2.05, 4.69) is 58.4 Å². The number of fused-ring (bicyclic) bond motifs is 1. The molecule has 0 aliphatic heterocycles. The third kappa shape index (κ3) is 5.69. The maximum atomic E-state index is 13.1. The van der Waals surface area contributed by atoms with Gasteiger partial charge in [-0.15, -0.1) is 32.9 Å². The van der Waals surface area contributed by atoms with Gasteiger partial charge in [-0.05, 0) is 57.1 Å². The minimum absolute atomic E-state index is 0.160. The molecule has 1 N–H and O–H groups in total. The van der Waals surface area contributed by atoms with E-state index in [4.69, 9.17) is 4.74 Å². The number of aryl methyl sites for hydroxylation is 1. The summed E-state index contributed by atoms with van der Waals surface area (Å²) in [5, 5.41) is 15.4. The number of ether oxygens (including phenoxy) is 1. The van der Waals surface area contributed by atoms with Crippen molar-refractivity contribution in [3.05, 3.63) is 56.6 Å². The summed E-state index contributed by atoms with van der Waals surface area (Å²) in [5.41, 5.74) is 4.93. The van der Waals surface area contributed by atoms with Gasteiger partial charge in [0.25, 0.3) is 0 Å². The van der Waals surface area contributed by atoms with Crippen molar-refractivity contribution in [3.63, 3.8) is 0 Å². The van der Waals surface area contributed by atoms with Crippen molar-refractivity contribution in [1.29, 1.82) is 0 Å².